The fraction of sp³-hybridized carbons (Fsp3) is 0.0833. The number of hydrogen-bond donors (Lipinski definition) is 3. The Balaban J connectivity index is 1.81. The van der Waals surface area contributed by atoms with Crippen LogP contribution in [-0.2, 0) is 4.79 Å². The van der Waals surface area contributed by atoms with Gasteiger partial charge in [-0.1, -0.05) is 12.1 Å². The molecule has 1 atom stereocenters. The minimum Gasteiger partial charge on any atom is -0.508 e. The molecule has 2 heterocycles. The van der Waals surface area contributed by atoms with Gasteiger partial charge in [0.1, 0.15) is 39.7 Å². The van der Waals surface area contributed by atoms with Crippen LogP contribution >= 0.6 is 0 Å². The van der Waals surface area contributed by atoms with Crippen LogP contribution in [0.15, 0.2) is 69.9 Å². The molecule has 4 aromatic rings. The van der Waals surface area contributed by atoms with E-state index < -0.39 is 17.3 Å². The lowest BCUT2D eigenvalue weighted by molar-refractivity contribution is -0.135. The second-order valence-corrected chi connectivity index (χ2v) is 7.36. The van der Waals surface area contributed by atoms with Crippen molar-refractivity contribution in [2.45, 2.75) is 12.3 Å². The average Bonchev–Trinajstić information content (AvgIpc) is 2.73. The maximum Gasteiger partial charge on any atom is 0.312 e. The Morgan fingerprint density at radius 1 is 0.839 bits per heavy atom. The molecule has 5 rings (SSSR count). The highest BCUT2D eigenvalue weighted by atomic mass is 16.5. The van der Waals surface area contributed by atoms with E-state index in [1.165, 1.54) is 36.4 Å². The zero-order valence-corrected chi connectivity index (χ0v) is 16.0. The minimum atomic E-state index is -0.502. The molecule has 1 aliphatic rings. The molecule has 154 valence electrons. The Kier molecular flexibility index (Phi) is 4.18. The van der Waals surface area contributed by atoms with Crippen LogP contribution in [0.2, 0.25) is 0 Å². The molecular formula is C24H16O7. The topological polar surface area (TPSA) is 117 Å². The second kappa shape index (κ2) is 6.91. The Morgan fingerprint density at radius 2 is 1.48 bits per heavy atom. The summed E-state index contributed by atoms with van der Waals surface area (Å²) in [6.45, 7) is 0. The summed E-state index contributed by atoms with van der Waals surface area (Å²) < 4.78 is 11.4. The van der Waals surface area contributed by atoms with Crippen LogP contribution in [0.5, 0.6) is 23.0 Å². The highest BCUT2D eigenvalue weighted by molar-refractivity contribution is 5.93. The van der Waals surface area contributed by atoms with E-state index in [1.54, 1.807) is 24.3 Å². The van der Waals surface area contributed by atoms with Crippen LogP contribution in [-0.4, -0.2) is 21.3 Å². The third kappa shape index (κ3) is 3.16. The zero-order valence-electron chi connectivity index (χ0n) is 16.0. The highest BCUT2D eigenvalue weighted by Gasteiger charge is 2.33. The summed E-state index contributed by atoms with van der Waals surface area (Å²) in [6, 6.07) is 15.1. The monoisotopic (exact) mass is 416 g/mol. The molecule has 31 heavy (non-hydrogen) atoms. The summed E-state index contributed by atoms with van der Waals surface area (Å²) in [6.07, 6.45) is 0.00476. The van der Waals surface area contributed by atoms with Crippen molar-refractivity contribution in [1.82, 2.24) is 0 Å². The van der Waals surface area contributed by atoms with E-state index in [0.717, 1.165) is 5.56 Å². The van der Waals surface area contributed by atoms with E-state index in [2.05, 4.69) is 0 Å². The van der Waals surface area contributed by atoms with Crippen LogP contribution in [0.3, 0.4) is 0 Å². The quantitative estimate of drug-likeness (QED) is 0.334. The molecule has 0 saturated carbocycles. The smallest absolute Gasteiger partial charge is 0.312 e. The number of hydrogen-bond acceptors (Lipinski definition) is 7. The first kappa shape index (κ1) is 18.7. The van der Waals surface area contributed by atoms with Crippen molar-refractivity contribution < 1.29 is 29.3 Å². The number of ether oxygens (including phenoxy) is 1. The summed E-state index contributed by atoms with van der Waals surface area (Å²) in [4.78, 5) is 25.1. The zero-order chi connectivity index (χ0) is 21.7. The SMILES string of the molecule is O=C1CC(c2ccc(O)cc2)c2c(cc(O)c3c(=O)cc(-c4ccc(O)cc4)oc23)O1. The predicted molar refractivity (Wildman–Crippen MR) is 111 cm³/mol. The molecule has 1 aliphatic heterocycles. The molecular weight excluding hydrogens is 400 g/mol. The van der Waals surface area contributed by atoms with Gasteiger partial charge in [-0.3, -0.25) is 9.59 Å². The van der Waals surface area contributed by atoms with Gasteiger partial charge in [0.2, 0.25) is 0 Å². The normalized spacial score (nSPS) is 15.5. The van der Waals surface area contributed by atoms with Gasteiger partial charge in [0, 0.05) is 29.2 Å². The molecule has 0 aliphatic carbocycles. The van der Waals surface area contributed by atoms with Gasteiger partial charge >= 0.3 is 5.97 Å². The molecule has 1 unspecified atom stereocenters. The van der Waals surface area contributed by atoms with E-state index >= 15 is 0 Å². The lowest BCUT2D eigenvalue weighted by Gasteiger charge is -2.26. The first-order chi connectivity index (χ1) is 14.9. The third-order valence-corrected chi connectivity index (χ3v) is 5.37. The van der Waals surface area contributed by atoms with Crippen LogP contribution in [0.1, 0.15) is 23.5 Å². The van der Waals surface area contributed by atoms with E-state index in [0.29, 0.717) is 11.1 Å². The Labute approximate surface area is 175 Å². The van der Waals surface area contributed by atoms with Crippen LogP contribution in [0, 0.1) is 0 Å². The summed E-state index contributed by atoms with van der Waals surface area (Å²) in [5.41, 5.74) is 1.42. The van der Waals surface area contributed by atoms with Gasteiger partial charge in [0.15, 0.2) is 5.43 Å². The van der Waals surface area contributed by atoms with Crippen molar-refractivity contribution in [3.8, 4) is 34.3 Å². The summed E-state index contributed by atoms with van der Waals surface area (Å²) in [5.74, 6) is -0.823. The fourth-order valence-corrected chi connectivity index (χ4v) is 3.92. The van der Waals surface area contributed by atoms with Crippen molar-refractivity contribution >= 4 is 16.9 Å². The van der Waals surface area contributed by atoms with Gasteiger partial charge in [-0.15, -0.1) is 0 Å². The Hall–Kier alpha value is -4.26. The van der Waals surface area contributed by atoms with Crippen LogP contribution < -0.4 is 10.2 Å². The second-order valence-electron chi connectivity index (χ2n) is 7.36. The molecule has 0 fully saturated rings. The molecule has 7 nitrogen and oxygen atoms in total. The van der Waals surface area contributed by atoms with Crippen molar-refractivity contribution in [1.29, 1.82) is 0 Å². The van der Waals surface area contributed by atoms with Gasteiger partial charge in [-0.2, -0.15) is 0 Å². The highest BCUT2D eigenvalue weighted by Crippen LogP contribution is 2.46. The maximum absolute atomic E-state index is 12.9. The standard InChI is InChI=1S/C24H16O7/c25-14-5-1-12(2-6-14)16-9-21(29)30-20-11-18(28)23-17(27)10-19(31-24(23)22(16)20)13-3-7-15(26)8-4-13/h1-8,10-11,16,25-26,28H,9H2. The number of carbonyl (C=O) groups is 1. The molecule has 0 spiro atoms. The Bertz CT molecular complexity index is 1380. The number of carbonyl (C=O) groups excluding carboxylic acids is 1. The molecule has 0 amide bonds. The third-order valence-electron chi connectivity index (χ3n) is 5.37. The van der Waals surface area contributed by atoms with Crippen molar-refractivity contribution in [3.63, 3.8) is 0 Å². The molecule has 0 saturated heterocycles. The summed E-state index contributed by atoms with van der Waals surface area (Å²) in [5, 5.41) is 29.6. The van der Waals surface area contributed by atoms with Crippen molar-refractivity contribution in [3.05, 3.63) is 82.0 Å². The number of phenols is 3. The fourth-order valence-electron chi connectivity index (χ4n) is 3.92. The summed E-state index contributed by atoms with van der Waals surface area (Å²) >= 11 is 0. The molecule has 7 heteroatoms. The number of fused-ring (bicyclic) bond motifs is 3. The average molecular weight is 416 g/mol. The van der Waals surface area contributed by atoms with Gasteiger partial charge < -0.3 is 24.5 Å². The maximum atomic E-state index is 12.9. The van der Waals surface area contributed by atoms with Gasteiger partial charge in [0.05, 0.1) is 6.42 Å². The van der Waals surface area contributed by atoms with E-state index in [1.807, 2.05) is 0 Å². The first-order valence-corrected chi connectivity index (χ1v) is 9.53. The first-order valence-electron chi connectivity index (χ1n) is 9.53. The number of rotatable bonds is 2. The summed E-state index contributed by atoms with van der Waals surface area (Å²) in [7, 11) is 0. The minimum absolute atomic E-state index is 0.00476. The van der Waals surface area contributed by atoms with Crippen LogP contribution in [0.25, 0.3) is 22.3 Å². The number of phenolic OH excluding ortho intramolecular Hbond substituents is 3. The largest absolute Gasteiger partial charge is 0.508 e. The Morgan fingerprint density at radius 3 is 2.16 bits per heavy atom. The number of aromatic hydroxyl groups is 3. The van der Waals surface area contributed by atoms with E-state index in [4.69, 9.17) is 9.15 Å². The van der Waals surface area contributed by atoms with Gasteiger partial charge in [-0.25, -0.2) is 0 Å². The molecule has 0 radical (unpaired) electrons. The number of benzene rings is 3. The van der Waals surface area contributed by atoms with Crippen molar-refractivity contribution in [2.75, 3.05) is 0 Å². The van der Waals surface area contributed by atoms with E-state index in [-0.39, 0.29) is 46.1 Å². The van der Waals surface area contributed by atoms with Crippen molar-refractivity contribution in [2.24, 2.45) is 0 Å². The van der Waals surface area contributed by atoms with Gasteiger partial charge in [-0.05, 0) is 42.0 Å². The van der Waals surface area contributed by atoms with E-state index in [9.17, 15) is 24.9 Å². The van der Waals surface area contributed by atoms with Gasteiger partial charge in [0.25, 0.3) is 0 Å². The predicted octanol–water partition coefficient (Wildman–Crippen LogP) is 4.02. The number of esters is 1. The van der Waals surface area contributed by atoms with Crippen LogP contribution in [0.4, 0.5) is 0 Å². The molecule has 0 bridgehead atoms. The molecule has 1 aromatic heterocycles. The molecule has 3 N–H and O–H groups in total. The molecule has 3 aromatic carbocycles. The lowest BCUT2D eigenvalue weighted by Crippen LogP contribution is -2.22. The lowest BCUT2D eigenvalue weighted by atomic mass is 9.85.